The van der Waals surface area contributed by atoms with E-state index in [1.54, 1.807) is 0 Å². The average Bonchev–Trinajstić information content (AvgIpc) is 2.95. The summed E-state index contributed by atoms with van der Waals surface area (Å²) in [6.07, 6.45) is 3.41. The maximum absolute atomic E-state index is 11.5. The van der Waals surface area contributed by atoms with Gasteiger partial charge in [0.15, 0.2) is 0 Å². The van der Waals surface area contributed by atoms with E-state index in [1.165, 1.54) is 0 Å². The first kappa shape index (κ1) is 15.0. The van der Waals surface area contributed by atoms with E-state index in [0.29, 0.717) is 18.2 Å². The summed E-state index contributed by atoms with van der Waals surface area (Å²) < 4.78 is 5.63. The van der Waals surface area contributed by atoms with Crippen LogP contribution in [0.4, 0.5) is 0 Å². The lowest BCUT2D eigenvalue weighted by atomic mass is 10.0. The van der Waals surface area contributed by atoms with Gasteiger partial charge in [0.2, 0.25) is 17.7 Å². The number of amides is 1. The van der Waals surface area contributed by atoms with Crippen molar-refractivity contribution in [3.05, 3.63) is 11.8 Å². The van der Waals surface area contributed by atoms with Crippen LogP contribution < -0.4 is 5.32 Å². The Morgan fingerprint density at radius 3 is 2.95 bits per heavy atom. The molecule has 2 unspecified atom stereocenters. The highest BCUT2D eigenvalue weighted by Gasteiger charge is 2.27. The van der Waals surface area contributed by atoms with Crippen molar-refractivity contribution >= 4 is 5.91 Å². The lowest BCUT2D eigenvalue weighted by Crippen LogP contribution is -2.48. The number of nitrogens with one attached hydrogen (secondary N) is 1. The summed E-state index contributed by atoms with van der Waals surface area (Å²) in [5.41, 5.74) is 0. The van der Waals surface area contributed by atoms with E-state index in [1.807, 2.05) is 13.8 Å². The second-order valence-corrected chi connectivity index (χ2v) is 5.32. The number of nitrogens with zero attached hydrogens (tertiary/aromatic N) is 3. The molecule has 0 spiro atoms. The Morgan fingerprint density at radius 2 is 2.30 bits per heavy atom. The minimum absolute atomic E-state index is 0.101. The molecule has 1 amide bonds. The third-order valence-electron chi connectivity index (χ3n) is 3.83. The molecule has 0 aliphatic carbocycles. The molecule has 1 fully saturated rings. The fraction of sp³-hybridized carbons (Fsp3) is 0.786. The van der Waals surface area contributed by atoms with Gasteiger partial charge in [-0.05, 0) is 26.3 Å². The maximum Gasteiger partial charge on any atom is 0.233 e. The van der Waals surface area contributed by atoms with Crippen LogP contribution in [0.25, 0.3) is 0 Å². The van der Waals surface area contributed by atoms with Gasteiger partial charge in [-0.3, -0.25) is 9.69 Å². The summed E-state index contributed by atoms with van der Waals surface area (Å²) in [6.45, 7) is 7.81. The molecule has 2 rings (SSSR count). The summed E-state index contributed by atoms with van der Waals surface area (Å²) in [5.74, 6) is 1.47. The minimum Gasteiger partial charge on any atom is -0.424 e. The first-order valence-electron chi connectivity index (χ1n) is 7.49. The van der Waals surface area contributed by atoms with Gasteiger partial charge in [-0.1, -0.05) is 13.8 Å². The molecule has 20 heavy (non-hydrogen) atoms. The number of hydrogen-bond acceptors (Lipinski definition) is 5. The first-order chi connectivity index (χ1) is 9.63. The van der Waals surface area contributed by atoms with Crippen LogP contribution in [0.3, 0.4) is 0 Å². The molecule has 2 atom stereocenters. The zero-order chi connectivity index (χ0) is 14.5. The van der Waals surface area contributed by atoms with Gasteiger partial charge in [-0.15, -0.1) is 10.2 Å². The predicted octanol–water partition coefficient (Wildman–Crippen LogP) is 1.68. The van der Waals surface area contributed by atoms with Gasteiger partial charge < -0.3 is 9.73 Å². The topological polar surface area (TPSA) is 71.3 Å². The van der Waals surface area contributed by atoms with Gasteiger partial charge in [0, 0.05) is 25.4 Å². The van der Waals surface area contributed by atoms with E-state index in [-0.39, 0.29) is 18.0 Å². The molecule has 6 nitrogen and oxygen atoms in total. The molecule has 1 aromatic rings. The Morgan fingerprint density at radius 1 is 1.50 bits per heavy atom. The molecule has 1 saturated heterocycles. The van der Waals surface area contributed by atoms with Crippen LogP contribution in [0.2, 0.25) is 0 Å². The summed E-state index contributed by atoms with van der Waals surface area (Å²) in [6, 6.07) is 0.330. The van der Waals surface area contributed by atoms with E-state index < -0.39 is 0 Å². The van der Waals surface area contributed by atoms with Crippen molar-refractivity contribution in [2.45, 2.75) is 58.5 Å². The van der Waals surface area contributed by atoms with Crippen molar-refractivity contribution in [3.63, 3.8) is 0 Å². The first-order valence-corrected chi connectivity index (χ1v) is 7.49. The molecule has 112 valence electrons. The number of likely N-dealkylation sites (tertiary alicyclic amines) is 1. The van der Waals surface area contributed by atoms with Gasteiger partial charge in [-0.25, -0.2) is 0 Å². The zero-order valence-corrected chi connectivity index (χ0v) is 12.6. The number of aryl methyl sites for hydroxylation is 1. The molecule has 1 N–H and O–H groups in total. The lowest BCUT2D eigenvalue weighted by Gasteiger charge is -2.35. The van der Waals surface area contributed by atoms with E-state index in [2.05, 4.69) is 27.3 Å². The molecular formula is C14H24N4O2. The number of aromatic nitrogens is 2. The van der Waals surface area contributed by atoms with Crippen LogP contribution in [0, 0.1) is 0 Å². The molecular weight excluding hydrogens is 256 g/mol. The lowest BCUT2D eigenvalue weighted by molar-refractivity contribution is -0.121. The predicted molar refractivity (Wildman–Crippen MR) is 75.1 cm³/mol. The SMILES string of the molecule is CCC(=O)NC1CCCN(C(C)c2nnc(CC)o2)C1. The third kappa shape index (κ3) is 3.56. The van der Waals surface area contributed by atoms with Crippen molar-refractivity contribution < 1.29 is 9.21 Å². The van der Waals surface area contributed by atoms with Crippen molar-refractivity contribution in [3.8, 4) is 0 Å². The molecule has 2 heterocycles. The molecule has 6 heteroatoms. The standard InChI is InChI=1S/C14H24N4O2/c1-4-12(19)15-11-7-6-8-18(9-11)10(3)14-17-16-13(5-2)20-14/h10-11H,4-9H2,1-3H3,(H,15,19). The van der Waals surface area contributed by atoms with Gasteiger partial charge in [-0.2, -0.15) is 0 Å². The highest BCUT2D eigenvalue weighted by molar-refractivity contribution is 5.75. The van der Waals surface area contributed by atoms with Crippen molar-refractivity contribution in [1.82, 2.24) is 20.4 Å². The zero-order valence-electron chi connectivity index (χ0n) is 12.6. The van der Waals surface area contributed by atoms with Gasteiger partial charge in [0.25, 0.3) is 0 Å². The molecule has 0 radical (unpaired) electrons. The van der Waals surface area contributed by atoms with E-state index >= 15 is 0 Å². The van der Waals surface area contributed by atoms with E-state index in [4.69, 9.17) is 4.42 Å². The van der Waals surface area contributed by atoms with Crippen molar-refractivity contribution in [2.24, 2.45) is 0 Å². The second kappa shape index (κ2) is 6.83. The summed E-state index contributed by atoms with van der Waals surface area (Å²) in [7, 11) is 0. The smallest absolute Gasteiger partial charge is 0.233 e. The Bertz CT molecular complexity index is 446. The number of carbonyl (C=O) groups excluding carboxylic acids is 1. The van der Waals surface area contributed by atoms with E-state index in [9.17, 15) is 4.79 Å². The van der Waals surface area contributed by atoms with Gasteiger partial charge in [0.1, 0.15) is 0 Å². The summed E-state index contributed by atoms with van der Waals surface area (Å²) in [5, 5.41) is 11.2. The Balaban J connectivity index is 1.95. The van der Waals surface area contributed by atoms with Crippen LogP contribution >= 0.6 is 0 Å². The Kier molecular flexibility index (Phi) is 5.11. The maximum atomic E-state index is 11.5. The van der Waals surface area contributed by atoms with Gasteiger partial charge in [0.05, 0.1) is 6.04 Å². The second-order valence-electron chi connectivity index (χ2n) is 5.32. The monoisotopic (exact) mass is 280 g/mol. The molecule has 1 aromatic heterocycles. The Hall–Kier alpha value is -1.43. The van der Waals surface area contributed by atoms with Crippen LogP contribution in [0.1, 0.15) is 57.9 Å². The van der Waals surface area contributed by atoms with Crippen molar-refractivity contribution in [1.29, 1.82) is 0 Å². The minimum atomic E-state index is 0.101. The summed E-state index contributed by atoms with van der Waals surface area (Å²) >= 11 is 0. The normalized spacial score (nSPS) is 21.6. The number of rotatable bonds is 5. The summed E-state index contributed by atoms with van der Waals surface area (Å²) in [4.78, 5) is 13.8. The highest BCUT2D eigenvalue weighted by Crippen LogP contribution is 2.23. The quantitative estimate of drug-likeness (QED) is 0.888. The molecule has 0 bridgehead atoms. The van der Waals surface area contributed by atoms with Crippen LogP contribution in [-0.4, -0.2) is 40.1 Å². The molecule has 0 aromatic carbocycles. The number of hydrogen-bond donors (Lipinski definition) is 1. The van der Waals surface area contributed by atoms with Crippen LogP contribution in [-0.2, 0) is 11.2 Å². The largest absolute Gasteiger partial charge is 0.424 e. The number of carbonyl (C=O) groups is 1. The molecule has 1 aliphatic rings. The van der Waals surface area contributed by atoms with E-state index in [0.717, 1.165) is 32.4 Å². The molecule has 1 aliphatic heterocycles. The van der Waals surface area contributed by atoms with Crippen LogP contribution in [0.15, 0.2) is 4.42 Å². The third-order valence-corrected chi connectivity index (χ3v) is 3.83. The van der Waals surface area contributed by atoms with Gasteiger partial charge >= 0.3 is 0 Å². The molecule has 0 saturated carbocycles. The van der Waals surface area contributed by atoms with Crippen LogP contribution in [0.5, 0.6) is 0 Å². The fourth-order valence-corrected chi connectivity index (χ4v) is 2.54. The highest BCUT2D eigenvalue weighted by atomic mass is 16.4. The Labute approximate surface area is 119 Å². The average molecular weight is 280 g/mol. The fourth-order valence-electron chi connectivity index (χ4n) is 2.54. The number of piperidine rings is 1. The van der Waals surface area contributed by atoms with Crippen molar-refractivity contribution in [2.75, 3.05) is 13.1 Å².